The van der Waals surface area contributed by atoms with Crippen LogP contribution in [0.4, 0.5) is 11.4 Å². The largest absolute Gasteiger partial charge is 0.497 e. The Bertz CT molecular complexity index is 1920. The first kappa shape index (κ1) is 36.5. The fourth-order valence-corrected chi connectivity index (χ4v) is 7.76. The number of ether oxygens (including phenoxy) is 1. The first-order valence-electron chi connectivity index (χ1n) is 16.3. The van der Waals surface area contributed by atoms with Crippen LogP contribution in [0.1, 0.15) is 42.4 Å². The number of amides is 2. The van der Waals surface area contributed by atoms with Crippen LogP contribution >= 0.6 is 15.9 Å². The minimum atomic E-state index is -4.54. The van der Waals surface area contributed by atoms with E-state index in [-0.39, 0.29) is 41.2 Å². The number of nitro benzene ring substituents is 1. The van der Waals surface area contributed by atoms with E-state index < -0.39 is 33.4 Å². The molecule has 13 heteroatoms. The maximum absolute atomic E-state index is 14.7. The van der Waals surface area contributed by atoms with Gasteiger partial charge >= 0.3 is 0 Å². The van der Waals surface area contributed by atoms with Crippen LogP contribution in [0.5, 0.6) is 5.75 Å². The molecule has 0 aromatic heterocycles. The molecule has 0 spiro atoms. The Hall–Kier alpha value is -4.75. The van der Waals surface area contributed by atoms with Crippen molar-refractivity contribution in [2.45, 2.75) is 62.6 Å². The Labute approximate surface area is 300 Å². The van der Waals surface area contributed by atoms with Gasteiger partial charge in [0.05, 0.1) is 22.6 Å². The van der Waals surface area contributed by atoms with E-state index in [1.54, 1.807) is 12.1 Å². The number of rotatable bonds is 14. The predicted molar refractivity (Wildman–Crippen MR) is 194 cm³/mol. The maximum Gasteiger partial charge on any atom is 0.273 e. The van der Waals surface area contributed by atoms with Gasteiger partial charge in [-0.15, -0.1) is 0 Å². The van der Waals surface area contributed by atoms with E-state index in [0.717, 1.165) is 51.7 Å². The number of aryl methyl sites for hydroxylation is 1. The molecule has 262 valence electrons. The smallest absolute Gasteiger partial charge is 0.273 e. The van der Waals surface area contributed by atoms with Gasteiger partial charge in [-0.1, -0.05) is 77.3 Å². The van der Waals surface area contributed by atoms with Crippen LogP contribution in [0, 0.1) is 17.0 Å². The van der Waals surface area contributed by atoms with Crippen molar-refractivity contribution in [3.8, 4) is 5.75 Å². The third-order valence-electron chi connectivity index (χ3n) is 8.84. The molecule has 0 bridgehead atoms. The van der Waals surface area contributed by atoms with E-state index in [0.29, 0.717) is 11.3 Å². The molecule has 1 aliphatic rings. The predicted octanol–water partition coefficient (Wildman–Crippen LogP) is 6.57. The Morgan fingerprint density at radius 2 is 1.62 bits per heavy atom. The molecule has 0 radical (unpaired) electrons. The number of methoxy groups -OCH3 is 1. The van der Waals surface area contributed by atoms with Gasteiger partial charge in [-0.05, 0) is 73.4 Å². The highest BCUT2D eigenvalue weighted by Gasteiger charge is 2.36. The van der Waals surface area contributed by atoms with Crippen molar-refractivity contribution in [3.05, 3.63) is 128 Å². The zero-order valence-corrected chi connectivity index (χ0v) is 30.2. The first-order chi connectivity index (χ1) is 24.0. The molecule has 1 atom stereocenters. The summed E-state index contributed by atoms with van der Waals surface area (Å²) in [6.07, 6.45) is 3.89. The summed E-state index contributed by atoms with van der Waals surface area (Å²) < 4.78 is 35.8. The van der Waals surface area contributed by atoms with Gasteiger partial charge in [0.2, 0.25) is 11.8 Å². The van der Waals surface area contributed by atoms with E-state index in [1.807, 2.05) is 54.6 Å². The van der Waals surface area contributed by atoms with Crippen LogP contribution in [-0.2, 0) is 32.6 Å². The molecule has 1 aliphatic carbocycles. The Morgan fingerprint density at radius 3 is 2.24 bits per heavy atom. The van der Waals surface area contributed by atoms with Crippen molar-refractivity contribution in [2.24, 2.45) is 0 Å². The molecule has 4 aromatic rings. The molecular formula is C37H39BrN4O7S. The van der Waals surface area contributed by atoms with Crippen LogP contribution in [0.25, 0.3) is 0 Å². The van der Waals surface area contributed by atoms with Crippen molar-refractivity contribution in [1.29, 1.82) is 0 Å². The van der Waals surface area contributed by atoms with Gasteiger partial charge in [-0.3, -0.25) is 24.0 Å². The van der Waals surface area contributed by atoms with E-state index in [2.05, 4.69) is 21.2 Å². The number of nitrogens with zero attached hydrogens (tertiary/aromatic N) is 3. The lowest BCUT2D eigenvalue weighted by atomic mass is 10.0. The minimum absolute atomic E-state index is 0.0149. The van der Waals surface area contributed by atoms with E-state index >= 15 is 0 Å². The second-order valence-electron chi connectivity index (χ2n) is 12.3. The molecule has 0 saturated heterocycles. The molecule has 0 heterocycles. The second kappa shape index (κ2) is 16.3. The number of carbonyl (C=O) groups is 2. The molecule has 5 rings (SSSR count). The number of benzene rings is 4. The number of carbonyl (C=O) groups excluding carboxylic acids is 2. The van der Waals surface area contributed by atoms with Crippen molar-refractivity contribution in [3.63, 3.8) is 0 Å². The Morgan fingerprint density at radius 1 is 0.960 bits per heavy atom. The SMILES string of the molecule is COc1ccc(N(CC(=O)N(Cc2ccc(Br)cc2)[C@@H](Cc2ccccc2)C(=O)NC2CCCC2)S(=O)(=O)c2ccc(C)c([N+](=O)[O-])c2)cc1. The van der Waals surface area contributed by atoms with Gasteiger partial charge in [-0.25, -0.2) is 8.42 Å². The molecule has 0 unspecified atom stereocenters. The molecule has 4 aromatic carbocycles. The molecular weight excluding hydrogens is 724 g/mol. The van der Waals surface area contributed by atoms with Crippen molar-refractivity contribution in [1.82, 2.24) is 10.2 Å². The quantitative estimate of drug-likeness (QED) is 0.113. The average Bonchev–Trinajstić information content (AvgIpc) is 3.63. The van der Waals surface area contributed by atoms with Crippen LogP contribution in [0.2, 0.25) is 0 Å². The van der Waals surface area contributed by atoms with Gasteiger partial charge in [0, 0.05) is 35.1 Å². The number of nitro groups is 1. The molecule has 50 heavy (non-hydrogen) atoms. The maximum atomic E-state index is 14.7. The summed E-state index contributed by atoms with van der Waals surface area (Å²) in [5.74, 6) is -0.484. The third kappa shape index (κ3) is 8.88. The summed E-state index contributed by atoms with van der Waals surface area (Å²) in [5, 5.41) is 14.9. The van der Waals surface area contributed by atoms with Gasteiger partial charge in [0.25, 0.3) is 15.7 Å². The highest BCUT2D eigenvalue weighted by molar-refractivity contribution is 9.10. The van der Waals surface area contributed by atoms with Crippen molar-refractivity contribution < 1.29 is 27.7 Å². The zero-order valence-electron chi connectivity index (χ0n) is 27.8. The summed E-state index contributed by atoms with van der Waals surface area (Å²) in [5.41, 5.74) is 1.63. The second-order valence-corrected chi connectivity index (χ2v) is 15.0. The van der Waals surface area contributed by atoms with Crippen molar-refractivity contribution in [2.75, 3.05) is 18.0 Å². The molecule has 0 aliphatic heterocycles. The lowest BCUT2D eigenvalue weighted by Crippen LogP contribution is -2.54. The highest BCUT2D eigenvalue weighted by Crippen LogP contribution is 2.30. The van der Waals surface area contributed by atoms with Crippen LogP contribution in [0.3, 0.4) is 0 Å². The molecule has 1 fully saturated rings. The topological polar surface area (TPSA) is 139 Å². The zero-order chi connectivity index (χ0) is 35.8. The van der Waals surface area contributed by atoms with Crippen LogP contribution in [0.15, 0.2) is 106 Å². The van der Waals surface area contributed by atoms with E-state index in [9.17, 15) is 28.1 Å². The Kier molecular flexibility index (Phi) is 11.9. The van der Waals surface area contributed by atoms with Crippen LogP contribution in [-0.4, -0.2) is 55.8 Å². The minimum Gasteiger partial charge on any atom is -0.497 e. The van der Waals surface area contributed by atoms with Gasteiger partial charge < -0.3 is 15.0 Å². The summed E-state index contributed by atoms with van der Waals surface area (Å²) in [6.45, 7) is 0.853. The number of hydrogen-bond acceptors (Lipinski definition) is 7. The number of sulfonamides is 1. The Balaban J connectivity index is 1.59. The number of hydrogen-bond donors (Lipinski definition) is 1. The molecule has 11 nitrogen and oxygen atoms in total. The number of nitrogens with one attached hydrogen (secondary N) is 1. The van der Waals surface area contributed by atoms with Crippen molar-refractivity contribution >= 4 is 49.1 Å². The van der Waals surface area contributed by atoms with Gasteiger partial charge in [0.15, 0.2) is 0 Å². The fraction of sp³-hybridized carbons (Fsp3) is 0.297. The average molecular weight is 764 g/mol. The lowest BCUT2D eigenvalue weighted by molar-refractivity contribution is -0.385. The van der Waals surface area contributed by atoms with Gasteiger partial charge in [-0.2, -0.15) is 0 Å². The highest BCUT2D eigenvalue weighted by atomic mass is 79.9. The van der Waals surface area contributed by atoms with Gasteiger partial charge in [0.1, 0.15) is 18.3 Å². The summed E-state index contributed by atoms with van der Waals surface area (Å²) in [7, 11) is -3.07. The summed E-state index contributed by atoms with van der Waals surface area (Å²) in [4.78, 5) is 41.1. The monoisotopic (exact) mass is 762 g/mol. The van der Waals surface area contributed by atoms with E-state index in [4.69, 9.17) is 4.74 Å². The summed E-state index contributed by atoms with van der Waals surface area (Å²) >= 11 is 3.45. The normalized spacial score (nSPS) is 13.7. The lowest BCUT2D eigenvalue weighted by Gasteiger charge is -2.34. The third-order valence-corrected chi connectivity index (χ3v) is 11.1. The number of halogens is 1. The summed E-state index contributed by atoms with van der Waals surface area (Å²) in [6, 6.07) is 25.5. The first-order valence-corrected chi connectivity index (χ1v) is 18.5. The number of anilines is 1. The molecule has 1 N–H and O–H groups in total. The molecule has 2 amide bonds. The standard InChI is InChI=1S/C37H39BrN4O7S/c1-26-12-21-33(23-34(26)42(45)46)50(47,48)41(31-17-19-32(49-2)20-18-31)25-36(43)40(24-28-13-15-29(38)16-14-28)35(22-27-8-4-3-5-9-27)37(44)39-30-10-6-7-11-30/h3-5,8-9,12-21,23,30,35H,6-7,10-11,22,24-25H2,1-2H3,(H,39,44)/t35-/m0/s1. The van der Waals surface area contributed by atoms with E-state index in [1.165, 1.54) is 43.2 Å². The fourth-order valence-electron chi connectivity index (χ4n) is 6.06. The van der Waals surface area contributed by atoms with Crippen LogP contribution < -0.4 is 14.4 Å². The molecule has 1 saturated carbocycles.